The van der Waals surface area contributed by atoms with E-state index >= 15 is 0 Å². The molecule has 1 aliphatic heterocycles. The highest BCUT2D eigenvalue weighted by atomic mass is 16.5. The SMILES string of the molecule is CC(C)CC[C@@H]1OC(=O)C[C@H]1C. The molecular weight excluding hydrogens is 152 g/mol. The van der Waals surface area contributed by atoms with Gasteiger partial charge >= 0.3 is 5.97 Å². The molecule has 1 heterocycles. The zero-order valence-corrected chi connectivity index (χ0v) is 8.17. The van der Waals surface area contributed by atoms with Crippen LogP contribution in [0.25, 0.3) is 0 Å². The van der Waals surface area contributed by atoms with Crippen LogP contribution in [-0.2, 0) is 9.53 Å². The summed E-state index contributed by atoms with van der Waals surface area (Å²) in [5.41, 5.74) is 0. The standard InChI is InChI=1S/C10H18O2/c1-7(2)4-5-9-8(3)6-10(11)12-9/h7-9H,4-6H2,1-3H3/t8-,9+/m1/s1. The minimum Gasteiger partial charge on any atom is -0.462 e. The molecule has 0 aromatic rings. The first kappa shape index (κ1) is 9.56. The van der Waals surface area contributed by atoms with Gasteiger partial charge in [0.25, 0.3) is 0 Å². The zero-order chi connectivity index (χ0) is 9.14. The van der Waals surface area contributed by atoms with E-state index in [0.29, 0.717) is 18.3 Å². The number of ether oxygens (including phenoxy) is 1. The lowest BCUT2D eigenvalue weighted by atomic mass is 9.96. The van der Waals surface area contributed by atoms with Gasteiger partial charge in [-0.25, -0.2) is 0 Å². The Bertz CT molecular complexity index is 163. The van der Waals surface area contributed by atoms with E-state index in [2.05, 4.69) is 20.8 Å². The largest absolute Gasteiger partial charge is 0.462 e. The Morgan fingerprint density at radius 1 is 1.58 bits per heavy atom. The van der Waals surface area contributed by atoms with Crippen molar-refractivity contribution in [3.63, 3.8) is 0 Å². The summed E-state index contributed by atoms with van der Waals surface area (Å²) in [7, 11) is 0. The topological polar surface area (TPSA) is 26.3 Å². The van der Waals surface area contributed by atoms with Crippen LogP contribution in [0.1, 0.15) is 40.0 Å². The van der Waals surface area contributed by atoms with Gasteiger partial charge in [-0.15, -0.1) is 0 Å². The number of carbonyl (C=O) groups excluding carboxylic acids is 1. The number of esters is 1. The van der Waals surface area contributed by atoms with Crippen LogP contribution in [0.4, 0.5) is 0 Å². The van der Waals surface area contributed by atoms with Crippen LogP contribution >= 0.6 is 0 Å². The van der Waals surface area contributed by atoms with Crippen molar-refractivity contribution < 1.29 is 9.53 Å². The summed E-state index contributed by atoms with van der Waals surface area (Å²) in [5.74, 6) is 1.11. The van der Waals surface area contributed by atoms with Gasteiger partial charge in [-0.1, -0.05) is 20.8 Å². The van der Waals surface area contributed by atoms with Gasteiger partial charge in [-0.05, 0) is 18.8 Å². The van der Waals surface area contributed by atoms with E-state index in [1.54, 1.807) is 0 Å². The van der Waals surface area contributed by atoms with Crippen molar-refractivity contribution in [1.29, 1.82) is 0 Å². The highest BCUT2D eigenvalue weighted by Gasteiger charge is 2.30. The highest BCUT2D eigenvalue weighted by Crippen LogP contribution is 2.26. The third-order valence-corrected chi connectivity index (χ3v) is 2.43. The molecule has 12 heavy (non-hydrogen) atoms. The fraction of sp³-hybridized carbons (Fsp3) is 0.900. The van der Waals surface area contributed by atoms with Crippen LogP contribution in [0, 0.1) is 11.8 Å². The van der Waals surface area contributed by atoms with Gasteiger partial charge in [0.15, 0.2) is 0 Å². The zero-order valence-electron chi connectivity index (χ0n) is 8.17. The van der Waals surface area contributed by atoms with Crippen LogP contribution in [-0.4, -0.2) is 12.1 Å². The summed E-state index contributed by atoms with van der Waals surface area (Å²) < 4.78 is 5.19. The molecule has 2 heteroatoms. The molecule has 2 nitrogen and oxygen atoms in total. The molecule has 0 N–H and O–H groups in total. The van der Waals surface area contributed by atoms with Crippen molar-refractivity contribution in [3.05, 3.63) is 0 Å². The lowest BCUT2D eigenvalue weighted by Gasteiger charge is -2.14. The maximum absolute atomic E-state index is 10.9. The molecule has 1 saturated heterocycles. The van der Waals surface area contributed by atoms with Gasteiger partial charge < -0.3 is 4.74 Å². The van der Waals surface area contributed by atoms with Crippen LogP contribution in [0.2, 0.25) is 0 Å². The lowest BCUT2D eigenvalue weighted by molar-refractivity contribution is -0.141. The lowest BCUT2D eigenvalue weighted by Crippen LogP contribution is -2.14. The monoisotopic (exact) mass is 170 g/mol. The second-order valence-corrected chi connectivity index (χ2v) is 4.18. The highest BCUT2D eigenvalue weighted by molar-refractivity contribution is 5.71. The molecule has 0 aromatic carbocycles. The van der Waals surface area contributed by atoms with Crippen molar-refractivity contribution >= 4 is 5.97 Å². The first-order valence-corrected chi connectivity index (χ1v) is 4.79. The van der Waals surface area contributed by atoms with Gasteiger partial charge in [0.1, 0.15) is 6.10 Å². The van der Waals surface area contributed by atoms with Gasteiger partial charge in [-0.3, -0.25) is 4.79 Å². The molecule has 0 radical (unpaired) electrons. The van der Waals surface area contributed by atoms with Gasteiger partial charge in [0, 0.05) is 5.92 Å². The van der Waals surface area contributed by atoms with Crippen molar-refractivity contribution in [2.24, 2.45) is 11.8 Å². The molecule has 0 bridgehead atoms. The number of cyclic esters (lactones) is 1. The number of carbonyl (C=O) groups is 1. The maximum atomic E-state index is 10.9. The number of rotatable bonds is 3. The second kappa shape index (κ2) is 3.92. The summed E-state index contributed by atoms with van der Waals surface area (Å²) in [5, 5.41) is 0. The first-order valence-electron chi connectivity index (χ1n) is 4.79. The van der Waals surface area contributed by atoms with E-state index in [0.717, 1.165) is 12.8 Å². The Kier molecular flexibility index (Phi) is 3.12. The molecule has 1 aliphatic rings. The Hall–Kier alpha value is -0.530. The average molecular weight is 170 g/mol. The Labute approximate surface area is 74.3 Å². The Morgan fingerprint density at radius 2 is 2.25 bits per heavy atom. The minimum absolute atomic E-state index is 0.0174. The van der Waals surface area contributed by atoms with Crippen molar-refractivity contribution in [2.75, 3.05) is 0 Å². The molecule has 0 aromatic heterocycles. The van der Waals surface area contributed by atoms with E-state index in [1.165, 1.54) is 0 Å². The van der Waals surface area contributed by atoms with Crippen molar-refractivity contribution in [2.45, 2.75) is 46.1 Å². The summed E-state index contributed by atoms with van der Waals surface area (Å²) in [4.78, 5) is 10.9. The van der Waals surface area contributed by atoms with E-state index in [1.807, 2.05) is 0 Å². The second-order valence-electron chi connectivity index (χ2n) is 4.18. The van der Waals surface area contributed by atoms with Crippen LogP contribution < -0.4 is 0 Å². The molecule has 0 amide bonds. The molecule has 0 saturated carbocycles. The first-order chi connectivity index (χ1) is 5.59. The van der Waals surface area contributed by atoms with Gasteiger partial charge in [0.05, 0.1) is 6.42 Å². The summed E-state index contributed by atoms with van der Waals surface area (Å²) in [6, 6.07) is 0. The molecule has 0 unspecified atom stereocenters. The van der Waals surface area contributed by atoms with E-state index in [9.17, 15) is 4.79 Å². The molecule has 0 spiro atoms. The third-order valence-electron chi connectivity index (χ3n) is 2.43. The third kappa shape index (κ3) is 2.50. The van der Waals surface area contributed by atoms with Crippen LogP contribution in [0.3, 0.4) is 0 Å². The van der Waals surface area contributed by atoms with Crippen LogP contribution in [0.5, 0.6) is 0 Å². The fourth-order valence-corrected chi connectivity index (χ4v) is 1.57. The molecular formula is C10H18O2. The van der Waals surface area contributed by atoms with E-state index < -0.39 is 0 Å². The predicted molar refractivity (Wildman–Crippen MR) is 47.7 cm³/mol. The minimum atomic E-state index is -0.0174. The molecule has 70 valence electrons. The smallest absolute Gasteiger partial charge is 0.306 e. The van der Waals surface area contributed by atoms with Gasteiger partial charge in [-0.2, -0.15) is 0 Å². The van der Waals surface area contributed by atoms with Crippen LogP contribution in [0.15, 0.2) is 0 Å². The predicted octanol–water partition coefficient (Wildman–Crippen LogP) is 2.37. The molecule has 1 rings (SSSR count). The van der Waals surface area contributed by atoms with E-state index in [-0.39, 0.29) is 12.1 Å². The normalized spacial score (nSPS) is 29.5. The maximum Gasteiger partial charge on any atom is 0.306 e. The molecule has 0 aliphatic carbocycles. The Morgan fingerprint density at radius 3 is 2.67 bits per heavy atom. The van der Waals surface area contributed by atoms with E-state index in [4.69, 9.17) is 4.74 Å². The summed E-state index contributed by atoms with van der Waals surface area (Å²) >= 11 is 0. The van der Waals surface area contributed by atoms with Gasteiger partial charge in [0.2, 0.25) is 0 Å². The number of hydrogen-bond donors (Lipinski definition) is 0. The quantitative estimate of drug-likeness (QED) is 0.608. The average Bonchev–Trinajstić information content (AvgIpc) is 2.26. The summed E-state index contributed by atoms with van der Waals surface area (Å²) in [6.07, 6.45) is 3.00. The molecule has 2 atom stereocenters. The van der Waals surface area contributed by atoms with Crippen molar-refractivity contribution in [1.82, 2.24) is 0 Å². The Balaban J connectivity index is 2.28. The fourth-order valence-electron chi connectivity index (χ4n) is 1.57. The summed E-state index contributed by atoms with van der Waals surface area (Å²) in [6.45, 7) is 6.48. The molecule has 1 fully saturated rings. The van der Waals surface area contributed by atoms with Crippen molar-refractivity contribution in [3.8, 4) is 0 Å². The number of hydrogen-bond acceptors (Lipinski definition) is 2.